The molecule has 252 valence electrons. The number of benzene rings is 2. The molecule has 0 radical (unpaired) electrons. The highest BCUT2D eigenvalue weighted by Crippen LogP contribution is 2.53. The molecule has 47 heavy (non-hydrogen) atoms. The molecule has 5 aliphatic rings. The van der Waals surface area contributed by atoms with E-state index in [0.717, 1.165) is 0 Å². The lowest BCUT2D eigenvalue weighted by molar-refractivity contribution is -0.256. The van der Waals surface area contributed by atoms with Crippen molar-refractivity contribution in [3.8, 4) is 11.5 Å². The highest BCUT2D eigenvalue weighted by Gasteiger charge is 2.55. The summed E-state index contributed by atoms with van der Waals surface area (Å²) >= 11 is 0. The van der Waals surface area contributed by atoms with Crippen molar-refractivity contribution in [2.24, 2.45) is 0 Å². The van der Waals surface area contributed by atoms with Crippen molar-refractivity contribution in [2.75, 3.05) is 38.7 Å². The Morgan fingerprint density at radius 3 is 2.62 bits per heavy atom. The number of anilines is 1. The van der Waals surface area contributed by atoms with Gasteiger partial charge in [-0.05, 0) is 19.9 Å². The number of hydrogen-bond donors (Lipinski definition) is 5. The molecule has 1 unspecified atom stereocenters. The van der Waals surface area contributed by atoms with Gasteiger partial charge in [0.05, 0.1) is 42.1 Å². The number of carbonyl (C=O) groups excluding carboxylic acids is 3. The van der Waals surface area contributed by atoms with E-state index in [1.54, 1.807) is 19.2 Å². The van der Waals surface area contributed by atoms with Crippen LogP contribution in [0.5, 0.6) is 11.5 Å². The summed E-state index contributed by atoms with van der Waals surface area (Å²) in [5, 5.41) is 47.2. The molecule has 0 bridgehead atoms. The standard InChI is InChI=1S/C33H38N2O12/c1-14-30-19(35-8-10-44-32(43-3)31(35)47-30)11-21(45-14)46-20-13-33(42,15(2)37)12-17-23(20)29(41)25-24(27(17)39)26(38)16-5-4-6-18(34-7-9-36)22(16)28(25)40/h4-6,14,19-21,30-32,34,36,39,41-42H,7-13H2,1-3H3/t14-,19-,20-,21?,30+,31+,32-,33-/m0/s1. The van der Waals surface area contributed by atoms with Crippen molar-refractivity contribution < 1.29 is 58.5 Å². The molecule has 3 saturated heterocycles. The molecule has 0 saturated carbocycles. The van der Waals surface area contributed by atoms with Crippen LogP contribution in [-0.2, 0) is 34.9 Å². The monoisotopic (exact) mass is 654 g/mol. The Morgan fingerprint density at radius 1 is 1.13 bits per heavy atom. The number of aliphatic hydroxyl groups is 2. The number of nitrogens with one attached hydrogen (secondary N) is 1. The zero-order chi connectivity index (χ0) is 33.4. The minimum absolute atomic E-state index is 0.000544. The molecule has 0 spiro atoms. The zero-order valence-corrected chi connectivity index (χ0v) is 26.2. The summed E-state index contributed by atoms with van der Waals surface area (Å²) in [6, 6.07) is 4.43. The molecular formula is C33H38N2O12. The van der Waals surface area contributed by atoms with Crippen LogP contribution in [0.2, 0.25) is 0 Å². The van der Waals surface area contributed by atoms with Crippen LogP contribution in [0.3, 0.4) is 0 Å². The van der Waals surface area contributed by atoms with Gasteiger partial charge in [-0.25, -0.2) is 0 Å². The maximum atomic E-state index is 14.0. The van der Waals surface area contributed by atoms with Crippen molar-refractivity contribution in [2.45, 2.75) is 81.9 Å². The highest BCUT2D eigenvalue weighted by molar-refractivity contribution is 6.32. The molecule has 14 heteroatoms. The number of phenolic OH excluding ortho intramolecular Hbond substituents is 2. The second-order valence-corrected chi connectivity index (χ2v) is 12.7. The van der Waals surface area contributed by atoms with E-state index in [0.29, 0.717) is 19.6 Å². The average molecular weight is 655 g/mol. The summed E-state index contributed by atoms with van der Waals surface area (Å²) in [6.07, 6.45) is -4.26. The van der Waals surface area contributed by atoms with Gasteiger partial charge in [0.25, 0.3) is 0 Å². The van der Waals surface area contributed by atoms with Crippen molar-refractivity contribution >= 4 is 23.0 Å². The number of ketones is 3. The minimum Gasteiger partial charge on any atom is -0.507 e. The number of phenols is 2. The van der Waals surface area contributed by atoms with E-state index in [2.05, 4.69) is 10.2 Å². The molecule has 3 heterocycles. The number of nitrogens with zero attached hydrogens (tertiary/aromatic N) is 1. The van der Waals surface area contributed by atoms with Gasteiger partial charge in [0, 0.05) is 67.9 Å². The molecule has 0 aromatic heterocycles. The van der Waals surface area contributed by atoms with Crippen molar-refractivity contribution in [1.82, 2.24) is 4.90 Å². The third kappa shape index (κ3) is 4.97. The van der Waals surface area contributed by atoms with Gasteiger partial charge >= 0.3 is 0 Å². The fourth-order valence-corrected chi connectivity index (χ4v) is 7.80. The van der Waals surface area contributed by atoms with Crippen LogP contribution in [0.15, 0.2) is 18.2 Å². The van der Waals surface area contributed by atoms with Crippen LogP contribution in [0, 0.1) is 0 Å². The lowest BCUT2D eigenvalue weighted by atomic mass is 9.72. The smallest absolute Gasteiger partial charge is 0.200 e. The number of rotatable bonds is 7. The van der Waals surface area contributed by atoms with Gasteiger partial charge in [-0.2, -0.15) is 0 Å². The first-order chi connectivity index (χ1) is 22.5. The predicted molar refractivity (Wildman–Crippen MR) is 161 cm³/mol. The first kappa shape index (κ1) is 32.1. The van der Waals surface area contributed by atoms with Gasteiger partial charge in [-0.3, -0.25) is 19.3 Å². The summed E-state index contributed by atoms with van der Waals surface area (Å²) in [5.41, 5.74) is -2.60. The van der Waals surface area contributed by atoms with Crippen LogP contribution in [0.1, 0.15) is 75.8 Å². The zero-order valence-electron chi connectivity index (χ0n) is 26.2. The van der Waals surface area contributed by atoms with Gasteiger partial charge in [-0.1, -0.05) is 12.1 Å². The number of ether oxygens (including phenoxy) is 5. The first-order valence-electron chi connectivity index (χ1n) is 15.8. The lowest BCUT2D eigenvalue weighted by Crippen LogP contribution is -2.55. The largest absolute Gasteiger partial charge is 0.507 e. The lowest BCUT2D eigenvalue weighted by Gasteiger charge is -2.43. The molecule has 5 N–H and O–H groups in total. The van der Waals surface area contributed by atoms with E-state index in [1.807, 2.05) is 6.92 Å². The van der Waals surface area contributed by atoms with Gasteiger partial charge in [0.15, 0.2) is 36.2 Å². The SMILES string of the molecule is CO[C@H]1OCCN2[C@@H]1O[C@@H]1[C@H](C)OC(O[C@H]3C[C@](O)(C(C)=O)Cc4c(O)c5c(c(O)c43)C(=O)c3c(NCCO)cccc3C5=O)C[C@@H]12. The van der Waals surface area contributed by atoms with E-state index in [9.17, 15) is 34.8 Å². The van der Waals surface area contributed by atoms with E-state index in [-0.39, 0.29) is 59.7 Å². The normalized spacial score (nSPS) is 33.0. The second kappa shape index (κ2) is 11.9. The molecule has 3 aliphatic heterocycles. The first-order valence-corrected chi connectivity index (χ1v) is 15.8. The molecule has 7 rings (SSSR count). The number of hydrogen-bond acceptors (Lipinski definition) is 14. The molecule has 0 amide bonds. The van der Waals surface area contributed by atoms with Gasteiger partial charge in [0.2, 0.25) is 0 Å². The Labute approximate surface area is 270 Å². The maximum absolute atomic E-state index is 14.0. The van der Waals surface area contributed by atoms with E-state index < -0.39 is 83.0 Å². The van der Waals surface area contributed by atoms with Crippen molar-refractivity contribution in [1.29, 1.82) is 0 Å². The molecule has 2 aromatic rings. The van der Waals surface area contributed by atoms with Gasteiger partial charge in [0.1, 0.15) is 23.2 Å². The fraction of sp³-hybridized carbons (Fsp3) is 0.545. The number of morpholine rings is 1. The van der Waals surface area contributed by atoms with Crippen molar-refractivity contribution in [3.63, 3.8) is 0 Å². The number of aliphatic hydroxyl groups excluding tert-OH is 1. The number of fused-ring (bicyclic) bond motifs is 6. The highest BCUT2D eigenvalue weighted by atomic mass is 16.7. The number of Topliss-reactive ketones (excluding diaryl/α,β-unsaturated/α-hetero) is 1. The topological polar surface area (TPSA) is 194 Å². The van der Waals surface area contributed by atoms with Crippen LogP contribution in [-0.4, -0.2) is 119 Å². The Bertz CT molecular complexity index is 1650. The van der Waals surface area contributed by atoms with Crippen molar-refractivity contribution in [3.05, 3.63) is 51.6 Å². The molecule has 2 aromatic carbocycles. The summed E-state index contributed by atoms with van der Waals surface area (Å²) in [5.74, 6) is -3.20. The summed E-state index contributed by atoms with van der Waals surface area (Å²) < 4.78 is 30.2. The summed E-state index contributed by atoms with van der Waals surface area (Å²) in [7, 11) is 1.55. The van der Waals surface area contributed by atoms with E-state index in [1.165, 1.54) is 13.0 Å². The summed E-state index contributed by atoms with van der Waals surface area (Å²) in [6.45, 7) is 3.97. The molecule has 2 aliphatic carbocycles. The Hall–Kier alpha value is -3.47. The fourth-order valence-electron chi connectivity index (χ4n) is 7.80. The Kier molecular flexibility index (Phi) is 8.12. The number of carbonyl (C=O) groups is 3. The quantitative estimate of drug-likeness (QED) is 0.228. The van der Waals surface area contributed by atoms with Gasteiger partial charge in [-0.15, -0.1) is 0 Å². The predicted octanol–water partition coefficient (Wildman–Crippen LogP) is 1.13. The number of methoxy groups -OCH3 is 1. The van der Waals surface area contributed by atoms with Crippen LogP contribution >= 0.6 is 0 Å². The molecule has 8 atom stereocenters. The average Bonchev–Trinajstić information content (AvgIpc) is 3.43. The molecule has 3 fully saturated rings. The Balaban J connectivity index is 1.28. The van der Waals surface area contributed by atoms with Gasteiger partial charge < -0.3 is 49.4 Å². The molecular weight excluding hydrogens is 616 g/mol. The maximum Gasteiger partial charge on any atom is 0.200 e. The third-order valence-electron chi connectivity index (χ3n) is 10.1. The van der Waals surface area contributed by atoms with Crippen LogP contribution < -0.4 is 5.32 Å². The third-order valence-corrected chi connectivity index (χ3v) is 10.1. The van der Waals surface area contributed by atoms with E-state index >= 15 is 0 Å². The minimum atomic E-state index is -2.00. The van der Waals surface area contributed by atoms with Crippen LogP contribution in [0.4, 0.5) is 5.69 Å². The van der Waals surface area contributed by atoms with Crippen LogP contribution in [0.25, 0.3) is 0 Å². The second-order valence-electron chi connectivity index (χ2n) is 12.7. The molecule has 14 nitrogen and oxygen atoms in total. The van der Waals surface area contributed by atoms with E-state index in [4.69, 9.17) is 23.7 Å². The number of aromatic hydroxyl groups is 2. The Morgan fingerprint density at radius 2 is 1.89 bits per heavy atom. The summed E-state index contributed by atoms with van der Waals surface area (Å²) in [4.78, 5) is 42.8.